The highest BCUT2D eigenvalue weighted by Gasteiger charge is 2.28. The molecule has 114 valence electrons. The maximum absolute atomic E-state index is 11.2. The fraction of sp³-hybridized carbons (Fsp3) is 0.500. The van der Waals surface area contributed by atoms with Gasteiger partial charge in [-0.2, -0.15) is 0 Å². The molecule has 1 fully saturated rings. The summed E-state index contributed by atoms with van der Waals surface area (Å²) in [4.78, 5) is 23.4. The third-order valence-corrected chi connectivity index (χ3v) is 4.05. The minimum atomic E-state index is -3.40. The molecule has 21 heavy (non-hydrogen) atoms. The summed E-state index contributed by atoms with van der Waals surface area (Å²) in [7, 11) is 0. The first-order valence-corrected chi connectivity index (χ1v) is 8.97. The first kappa shape index (κ1) is 14.8. The molecular weight excluding hydrogens is 315 g/mol. The molecule has 2 aromatic rings. The first-order chi connectivity index (χ1) is 9.94. The second-order valence-corrected chi connectivity index (χ2v) is 7.57. The number of hydrogen-bond acceptors (Lipinski definition) is 8. The summed E-state index contributed by atoms with van der Waals surface area (Å²) in [5.74, 6) is 0.326. The lowest BCUT2D eigenvalue weighted by Gasteiger charge is -2.24. The van der Waals surface area contributed by atoms with Crippen molar-refractivity contribution in [3.05, 3.63) is 12.7 Å². The van der Waals surface area contributed by atoms with E-state index in [2.05, 4.69) is 26.8 Å². The van der Waals surface area contributed by atoms with E-state index in [1.165, 1.54) is 6.33 Å². The second-order valence-electron chi connectivity index (χ2n) is 4.71. The zero-order valence-electron chi connectivity index (χ0n) is 11.0. The van der Waals surface area contributed by atoms with Crippen LogP contribution in [0.3, 0.4) is 0 Å². The van der Waals surface area contributed by atoms with Crippen LogP contribution in [0.5, 0.6) is 0 Å². The molecule has 2 aromatic heterocycles. The van der Waals surface area contributed by atoms with Crippen LogP contribution < -0.4 is 16.1 Å². The molecule has 0 amide bonds. The third-order valence-electron chi connectivity index (χ3n) is 3.22. The highest BCUT2D eigenvalue weighted by atomic mass is 32.5. The fourth-order valence-electron chi connectivity index (χ4n) is 2.28. The van der Waals surface area contributed by atoms with Gasteiger partial charge in [0, 0.05) is 0 Å². The summed E-state index contributed by atoms with van der Waals surface area (Å²) in [6, 6.07) is 0. The van der Waals surface area contributed by atoms with E-state index < -0.39 is 6.64 Å². The average molecular weight is 329 g/mol. The Morgan fingerprint density at radius 3 is 3.05 bits per heavy atom. The van der Waals surface area contributed by atoms with E-state index >= 15 is 0 Å². The number of rotatable bonds is 4. The molecule has 0 aliphatic carbocycles. The van der Waals surface area contributed by atoms with Gasteiger partial charge in [-0.15, -0.1) is 0 Å². The lowest BCUT2D eigenvalue weighted by atomic mass is 10.2. The van der Waals surface area contributed by atoms with Gasteiger partial charge in [-0.05, 0) is 12.8 Å². The van der Waals surface area contributed by atoms with Gasteiger partial charge in [0.2, 0.25) is 0 Å². The van der Waals surface area contributed by atoms with Gasteiger partial charge in [0.15, 0.2) is 11.5 Å². The molecule has 4 N–H and O–H groups in total. The first-order valence-electron chi connectivity index (χ1n) is 6.26. The number of imidazole rings is 1. The van der Waals surface area contributed by atoms with E-state index in [1.807, 2.05) is 0 Å². The van der Waals surface area contributed by atoms with Crippen LogP contribution in [0.1, 0.15) is 19.1 Å². The van der Waals surface area contributed by atoms with E-state index in [4.69, 9.17) is 20.5 Å². The van der Waals surface area contributed by atoms with Crippen molar-refractivity contribution in [3.63, 3.8) is 0 Å². The highest BCUT2D eigenvalue weighted by molar-refractivity contribution is 8.07. The maximum atomic E-state index is 11.2. The number of fused-ring (bicyclic) bond motifs is 1. The molecule has 0 saturated carbocycles. The van der Waals surface area contributed by atoms with Crippen molar-refractivity contribution in [1.82, 2.24) is 19.5 Å². The normalized spacial score (nSPS) is 25.2. The Labute approximate surface area is 125 Å². The largest absolute Gasteiger partial charge is 0.789 e. The van der Waals surface area contributed by atoms with E-state index in [0.29, 0.717) is 17.0 Å². The summed E-state index contributed by atoms with van der Waals surface area (Å²) in [5, 5.41) is 0. The van der Waals surface area contributed by atoms with Gasteiger partial charge in [0.05, 0.1) is 25.7 Å². The number of ether oxygens (including phenoxy) is 1. The lowest BCUT2D eigenvalue weighted by Crippen LogP contribution is -2.20. The molecule has 1 aliphatic heterocycles. The van der Waals surface area contributed by atoms with E-state index in [9.17, 15) is 4.89 Å². The quantitative estimate of drug-likeness (QED) is 0.720. The van der Waals surface area contributed by atoms with Gasteiger partial charge in [-0.25, -0.2) is 15.0 Å². The Kier molecular flexibility index (Phi) is 3.91. The summed E-state index contributed by atoms with van der Waals surface area (Å²) < 4.78 is 12.6. The Morgan fingerprint density at radius 2 is 2.29 bits per heavy atom. The van der Waals surface area contributed by atoms with Crippen LogP contribution in [0.2, 0.25) is 0 Å². The fourth-order valence-corrected chi connectivity index (χ4v) is 2.84. The van der Waals surface area contributed by atoms with Crippen molar-refractivity contribution >= 4 is 35.4 Å². The van der Waals surface area contributed by atoms with Crippen molar-refractivity contribution in [3.8, 4) is 0 Å². The van der Waals surface area contributed by atoms with Gasteiger partial charge in [-0.1, -0.05) is 11.8 Å². The van der Waals surface area contributed by atoms with Crippen LogP contribution in [-0.4, -0.2) is 32.2 Å². The molecule has 1 saturated heterocycles. The van der Waals surface area contributed by atoms with Crippen molar-refractivity contribution in [2.24, 2.45) is 5.50 Å². The molecule has 3 rings (SSSR count). The monoisotopic (exact) mass is 329 g/mol. The number of hydrogen-bond donors (Lipinski definition) is 2. The minimum Gasteiger partial charge on any atom is -0.789 e. The van der Waals surface area contributed by atoms with Crippen molar-refractivity contribution in [2.45, 2.75) is 25.2 Å². The van der Waals surface area contributed by atoms with Gasteiger partial charge in [0.1, 0.15) is 18.1 Å². The predicted molar refractivity (Wildman–Crippen MR) is 77.3 cm³/mol. The Morgan fingerprint density at radius 1 is 1.48 bits per heavy atom. The zero-order valence-corrected chi connectivity index (χ0v) is 12.7. The van der Waals surface area contributed by atoms with E-state index in [0.717, 1.165) is 12.8 Å². The average Bonchev–Trinajstić information content (AvgIpc) is 3.02. The summed E-state index contributed by atoms with van der Waals surface area (Å²) in [5.41, 5.74) is 12.1. The standard InChI is InChI=1S/C10H15N6O3PS/c11-9-8-10(14-4-13-9)16(5-15-8)7-2-1-6(19-7)3-18-20(12,17)21/h4-7H,1-3H2,(H2,11,13,14)(H3,12,17,21)/p-1/t6-,7+,20?/m0/s1. The SMILES string of the molecule is Nc1ncnc2c1ncn2[C@H]1CC[C@@H](COP(N)([O-])=S)O1. The topological polar surface area (TPSA) is 137 Å². The molecule has 0 spiro atoms. The van der Waals surface area contributed by atoms with Crippen LogP contribution in [0.25, 0.3) is 11.2 Å². The highest BCUT2D eigenvalue weighted by Crippen LogP contribution is 2.34. The van der Waals surface area contributed by atoms with Gasteiger partial charge in [0.25, 0.3) is 0 Å². The van der Waals surface area contributed by atoms with Crippen LogP contribution in [-0.2, 0) is 21.1 Å². The molecular formula is C10H14N6O3PS-. The molecule has 1 unspecified atom stereocenters. The second kappa shape index (κ2) is 5.56. The Balaban J connectivity index is 1.73. The maximum Gasteiger partial charge on any atom is 0.167 e. The molecule has 0 radical (unpaired) electrons. The number of aromatic nitrogens is 4. The molecule has 3 heterocycles. The molecule has 1 aliphatic rings. The molecule has 9 nitrogen and oxygen atoms in total. The Hall–Kier alpha value is -1.16. The molecule has 11 heteroatoms. The van der Waals surface area contributed by atoms with Crippen molar-refractivity contribution in [2.75, 3.05) is 12.3 Å². The summed E-state index contributed by atoms with van der Waals surface area (Å²) in [6.07, 6.45) is 4.03. The van der Waals surface area contributed by atoms with Gasteiger partial charge >= 0.3 is 0 Å². The lowest BCUT2D eigenvalue weighted by molar-refractivity contribution is -0.185. The van der Waals surface area contributed by atoms with Crippen molar-refractivity contribution in [1.29, 1.82) is 0 Å². The summed E-state index contributed by atoms with van der Waals surface area (Å²) >= 11 is 4.52. The predicted octanol–water partition coefficient (Wildman–Crippen LogP) is -0.354. The number of nitrogens with zero attached hydrogens (tertiary/aromatic N) is 4. The van der Waals surface area contributed by atoms with E-state index in [1.54, 1.807) is 10.9 Å². The third kappa shape index (κ3) is 3.20. The molecule has 0 bridgehead atoms. The number of anilines is 1. The molecule has 3 atom stereocenters. The Bertz CT molecular complexity index is 703. The summed E-state index contributed by atoms with van der Waals surface area (Å²) in [6.45, 7) is -3.29. The van der Waals surface area contributed by atoms with Crippen LogP contribution in [0.4, 0.5) is 5.82 Å². The van der Waals surface area contributed by atoms with E-state index in [-0.39, 0.29) is 18.9 Å². The zero-order chi connectivity index (χ0) is 15.0. The van der Waals surface area contributed by atoms with Gasteiger partial charge in [-0.3, -0.25) is 10.1 Å². The van der Waals surface area contributed by atoms with Gasteiger partial charge < -0.3 is 19.9 Å². The van der Waals surface area contributed by atoms with Crippen LogP contribution >= 0.6 is 6.64 Å². The molecule has 0 aromatic carbocycles. The van der Waals surface area contributed by atoms with Crippen molar-refractivity contribution < 1.29 is 14.2 Å². The number of nitrogens with two attached hydrogens (primary N) is 2. The smallest absolute Gasteiger partial charge is 0.167 e. The minimum absolute atomic E-state index is 0.109. The van der Waals surface area contributed by atoms with Crippen LogP contribution in [0.15, 0.2) is 12.7 Å². The number of nitrogen functional groups attached to an aromatic ring is 1. The van der Waals surface area contributed by atoms with Crippen LogP contribution in [0, 0.1) is 0 Å².